The summed E-state index contributed by atoms with van der Waals surface area (Å²) in [5, 5.41) is 0. The third-order valence-electron chi connectivity index (χ3n) is 1.78. The molecule has 0 radical (unpaired) electrons. The lowest BCUT2D eigenvalue weighted by molar-refractivity contribution is 0.0998. The van der Waals surface area contributed by atoms with E-state index in [0.29, 0.717) is 5.82 Å². The fourth-order valence-electron chi connectivity index (χ4n) is 0.952. The molecule has 1 rings (SSSR count). The second-order valence-corrected chi connectivity index (χ2v) is 4.09. The first-order valence-corrected chi connectivity index (χ1v) is 4.22. The maximum absolute atomic E-state index is 11.3. The number of carbonyl (C=O) groups excluding carboxylic acids is 1. The lowest BCUT2D eigenvalue weighted by Crippen LogP contribution is -2.28. The van der Waals surface area contributed by atoms with Gasteiger partial charge in [-0.1, -0.05) is 20.8 Å². The van der Waals surface area contributed by atoms with Crippen molar-refractivity contribution in [2.45, 2.75) is 26.2 Å². The van der Waals surface area contributed by atoms with Gasteiger partial charge in [-0.2, -0.15) is 0 Å². The number of nitrogens with one attached hydrogen (secondary N) is 1. The first kappa shape index (κ1) is 10.4. The van der Waals surface area contributed by atoms with Crippen LogP contribution in [0.3, 0.4) is 0 Å². The van der Waals surface area contributed by atoms with Crippen molar-refractivity contribution in [3.8, 4) is 0 Å². The summed E-state index contributed by atoms with van der Waals surface area (Å²) < 4.78 is 0. The Morgan fingerprint density at radius 2 is 2.07 bits per heavy atom. The number of carbonyl (C=O) groups is 1. The van der Waals surface area contributed by atoms with Gasteiger partial charge in [0.1, 0.15) is 11.4 Å². The van der Waals surface area contributed by atoms with E-state index >= 15 is 0 Å². The fraction of sp³-hybridized carbons (Fsp3) is 0.444. The third kappa shape index (κ3) is 1.99. The molecule has 0 aliphatic heterocycles. The van der Waals surface area contributed by atoms with E-state index in [-0.39, 0.29) is 11.0 Å². The summed E-state index contributed by atoms with van der Waals surface area (Å²) >= 11 is 0. The molecule has 1 aromatic rings. The van der Waals surface area contributed by atoms with Crippen molar-refractivity contribution in [3.05, 3.63) is 27.9 Å². The number of rotatable bonds is 1. The van der Waals surface area contributed by atoms with Gasteiger partial charge in [0.25, 0.3) is 11.5 Å². The zero-order valence-corrected chi connectivity index (χ0v) is 8.42. The summed E-state index contributed by atoms with van der Waals surface area (Å²) in [5.74, 6) is -0.230. The monoisotopic (exact) mass is 195 g/mol. The molecule has 14 heavy (non-hydrogen) atoms. The van der Waals surface area contributed by atoms with Crippen LogP contribution in [-0.2, 0) is 5.41 Å². The van der Waals surface area contributed by atoms with Crippen LogP contribution in [0.2, 0.25) is 0 Å². The number of nitrogens with two attached hydrogens (primary N) is 1. The first-order valence-electron chi connectivity index (χ1n) is 4.22. The van der Waals surface area contributed by atoms with E-state index in [1.807, 2.05) is 20.8 Å². The van der Waals surface area contributed by atoms with Gasteiger partial charge in [0.15, 0.2) is 0 Å². The van der Waals surface area contributed by atoms with Crippen LogP contribution in [0.1, 0.15) is 37.0 Å². The highest BCUT2D eigenvalue weighted by Crippen LogP contribution is 2.15. The molecule has 0 bridgehead atoms. The summed E-state index contributed by atoms with van der Waals surface area (Å²) in [6.45, 7) is 5.74. The van der Waals surface area contributed by atoms with Crippen LogP contribution in [0.5, 0.6) is 0 Å². The minimum absolute atomic E-state index is 0.113. The maximum Gasteiger partial charge on any atom is 0.263 e. The average molecular weight is 195 g/mol. The van der Waals surface area contributed by atoms with E-state index in [1.54, 1.807) is 0 Å². The Balaban J connectivity index is 3.27. The standard InChI is InChI=1S/C9H13N3O2/c1-9(2,3)8-11-4-5(6(10)13)7(14)12-8/h4H,1-3H3,(H2,10,13)(H,11,12,14). The molecule has 0 unspecified atom stereocenters. The molecule has 1 aromatic heterocycles. The Hall–Kier alpha value is -1.65. The van der Waals surface area contributed by atoms with E-state index in [9.17, 15) is 9.59 Å². The van der Waals surface area contributed by atoms with E-state index in [4.69, 9.17) is 5.73 Å². The molecule has 0 saturated carbocycles. The van der Waals surface area contributed by atoms with Gasteiger partial charge >= 0.3 is 0 Å². The van der Waals surface area contributed by atoms with Crippen molar-refractivity contribution in [2.24, 2.45) is 5.73 Å². The van der Waals surface area contributed by atoms with Gasteiger partial charge in [0.2, 0.25) is 0 Å². The fourth-order valence-corrected chi connectivity index (χ4v) is 0.952. The molecule has 0 spiro atoms. The first-order chi connectivity index (χ1) is 6.32. The van der Waals surface area contributed by atoms with Crippen molar-refractivity contribution in [3.63, 3.8) is 0 Å². The number of primary amides is 1. The largest absolute Gasteiger partial charge is 0.365 e. The quantitative estimate of drug-likeness (QED) is 0.669. The van der Waals surface area contributed by atoms with E-state index in [2.05, 4.69) is 9.97 Å². The number of aromatic amines is 1. The van der Waals surface area contributed by atoms with Crippen LogP contribution >= 0.6 is 0 Å². The Morgan fingerprint density at radius 3 is 2.43 bits per heavy atom. The van der Waals surface area contributed by atoms with Gasteiger partial charge in [-0.15, -0.1) is 0 Å². The van der Waals surface area contributed by atoms with Crippen molar-refractivity contribution < 1.29 is 4.79 Å². The van der Waals surface area contributed by atoms with Crippen molar-refractivity contribution in [1.29, 1.82) is 0 Å². The van der Waals surface area contributed by atoms with Gasteiger partial charge in [-0.3, -0.25) is 9.59 Å². The zero-order valence-electron chi connectivity index (χ0n) is 8.42. The number of amides is 1. The van der Waals surface area contributed by atoms with Crippen LogP contribution < -0.4 is 11.3 Å². The molecular formula is C9H13N3O2. The minimum Gasteiger partial charge on any atom is -0.365 e. The van der Waals surface area contributed by atoms with Crippen molar-refractivity contribution >= 4 is 5.91 Å². The molecule has 5 heteroatoms. The summed E-state index contributed by atoms with van der Waals surface area (Å²) in [4.78, 5) is 28.6. The molecule has 0 fully saturated rings. The highest BCUT2D eigenvalue weighted by atomic mass is 16.2. The predicted octanol–water partition coefficient (Wildman–Crippen LogP) is 0.166. The number of hydrogen-bond acceptors (Lipinski definition) is 3. The summed E-state index contributed by atoms with van der Waals surface area (Å²) in [6.07, 6.45) is 1.21. The number of H-pyrrole nitrogens is 1. The molecule has 0 aromatic carbocycles. The lowest BCUT2D eigenvalue weighted by Gasteiger charge is -2.16. The molecule has 1 amide bonds. The van der Waals surface area contributed by atoms with E-state index < -0.39 is 11.5 Å². The van der Waals surface area contributed by atoms with E-state index in [0.717, 1.165) is 0 Å². The second-order valence-electron chi connectivity index (χ2n) is 4.09. The highest BCUT2D eigenvalue weighted by Gasteiger charge is 2.18. The van der Waals surface area contributed by atoms with Gasteiger partial charge < -0.3 is 10.7 Å². The summed E-state index contributed by atoms with van der Waals surface area (Å²) in [7, 11) is 0. The third-order valence-corrected chi connectivity index (χ3v) is 1.78. The van der Waals surface area contributed by atoms with Crippen LogP contribution in [-0.4, -0.2) is 15.9 Å². The molecule has 1 heterocycles. The smallest absolute Gasteiger partial charge is 0.263 e. The lowest BCUT2D eigenvalue weighted by atomic mass is 9.96. The van der Waals surface area contributed by atoms with Crippen LogP contribution in [0.15, 0.2) is 11.0 Å². The topological polar surface area (TPSA) is 88.8 Å². The Kier molecular flexibility index (Phi) is 2.42. The Labute approximate surface area is 81.4 Å². The molecule has 0 atom stereocenters. The zero-order chi connectivity index (χ0) is 10.9. The Bertz CT molecular complexity index is 415. The van der Waals surface area contributed by atoms with Gasteiger partial charge in [-0.05, 0) is 0 Å². The highest BCUT2D eigenvalue weighted by molar-refractivity contribution is 5.91. The predicted molar refractivity (Wildman–Crippen MR) is 52.1 cm³/mol. The number of hydrogen-bond donors (Lipinski definition) is 2. The molecule has 76 valence electrons. The van der Waals surface area contributed by atoms with E-state index in [1.165, 1.54) is 6.20 Å². The molecular weight excluding hydrogens is 182 g/mol. The molecule has 3 N–H and O–H groups in total. The van der Waals surface area contributed by atoms with Crippen LogP contribution in [0, 0.1) is 0 Å². The second kappa shape index (κ2) is 3.25. The SMILES string of the molecule is CC(C)(C)c1ncc(C(N)=O)c(=O)[nH]1. The van der Waals surface area contributed by atoms with Gasteiger partial charge in [0, 0.05) is 11.6 Å². The summed E-state index contributed by atoms with van der Waals surface area (Å²) in [6, 6.07) is 0. The van der Waals surface area contributed by atoms with Crippen LogP contribution in [0.25, 0.3) is 0 Å². The molecule has 0 aliphatic rings. The molecule has 0 aliphatic carbocycles. The van der Waals surface area contributed by atoms with Crippen LogP contribution in [0.4, 0.5) is 0 Å². The molecule has 5 nitrogen and oxygen atoms in total. The number of aromatic nitrogens is 2. The van der Waals surface area contributed by atoms with Crippen molar-refractivity contribution in [1.82, 2.24) is 9.97 Å². The average Bonchev–Trinajstić information content (AvgIpc) is 2.01. The van der Waals surface area contributed by atoms with Gasteiger partial charge in [-0.25, -0.2) is 4.98 Å². The minimum atomic E-state index is -0.765. The normalized spacial score (nSPS) is 11.4. The summed E-state index contributed by atoms with van der Waals surface area (Å²) in [5.41, 5.74) is 4.12. The van der Waals surface area contributed by atoms with Gasteiger partial charge in [0.05, 0.1) is 0 Å². The van der Waals surface area contributed by atoms with Crippen molar-refractivity contribution in [2.75, 3.05) is 0 Å². The number of nitrogens with zero attached hydrogens (tertiary/aromatic N) is 1. The molecule has 0 saturated heterocycles. The maximum atomic E-state index is 11.3. The Morgan fingerprint density at radius 1 is 1.50 bits per heavy atom.